The summed E-state index contributed by atoms with van der Waals surface area (Å²) >= 11 is 5.84. The highest BCUT2D eigenvalue weighted by Crippen LogP contribution is 2.22. The predicted molar refractivity (Wildman–Crippen MR) is 81.5 cm³/mol. The molecule has 0 aliphatic rings. The molecule has 0 aliphatic carbocycles. The molecule has 106 valence electrons. The molecule has 0 aromatic heterocycles. The van der Waals surface area contributed by atoms with Gasteiger partial charge in [-0.25, -0.2) is 0 Å². The Hall–Kier alpha value is -1.26. The molecule has 4 nitrogen and oxygen atoms in total. The molecule has 0 heterocycles. The minimum Gasteiger partial charge on any atom is -0.397 e. The zero-order valence-corrected chi connectivity index (χ0v) is 12.3. The van der Waals surface area contributed by atoms with Crippen LogP contribution >= 0.6 is 11.6 Å². The van der Waals surface area contributed by atoms with E-state index >= 15 is 0 Å². The third-order valence-corrected chi connectivity index (χ3v) is 3.07. The quantitative estimate of drug-likeness (QED) is 0.757. The van der Waals surface area contributed by atoms with Crippen molar-refractivity contribution in [3.05, 3.63) is 23.2 Å². The summed E-state index contributed by atoms with van der Waals surface area (Å²) in [5, 5.41) is 3.33. The molecule has 0 aliphatic heterocycles. The number of nitrogens with one attached hydrogen (secondary N) is 1. The smallest absolute Gasteiger partial charge is 0.238 e. The maximum absolute atomic E-state index is 11.9. The van der Waals surface area contributed by atoms with E-state index in [1.165, 1.54) is 0 Å². The van der Waals surface area contributed by atoms with E-state index in [1.54, 1.807) is 18.2 Å². The molecule has 1 aromatic rings. The third-order valence-electron chi connectivity index (χ3n) is 2.73. The lowest BCUT2D eigenvalue weighted by molar-refractivity contribution is -0.117. The number of nitrogen functional groups attached to an aromatic ring is 1. The van der Waals surface area contributed by atoms with Crippen LogP contribution in [-0.2, 0) is 4.79 Å². The van der Waals surface area contributed by atoms with Gasteiger partial charge in [0.2, 0.25) is 5.91 Å². The van der Waals surface area contributed by atoms with Crippen molar-refractivity contribution in [2.45, 2.75) is 26.7 Å². The Morgan fingerprint density at radius 1 is 1.32 bits per heavy atom. The zero-order valence-electron chi connectivity index (χ0n) is 11.6. The first kappa shape index (κ1) is 15.8. The number of carbonyl (C=O) groups is 1. The topological polar surface area (TPSA) is 58.4 Å². The Labute approximate surface area is 119 Å². The van der Waals surface area contributed by atoms with Crippen LogP contribution in [0.2, 0.25) is 5.02 Å². The second-order valence-electron chi connectivity index (χ2n) is 4.56. The van der Waals surface area contributed by atoms with Gasteiger partial charge in [0.25, 0.3) is 0 Å². The second kappa shape index (κ2) is 8.02. The minimum atomic E-state index is -0.0244. The average molecular weight is 284 g/mol. The highest BCUT2D eigenvalue weighted by molar-refractivity contribution is 6.33. The van der Waals surface area contributed by atoms with Crippen LogP contribution in [0.1, 0.15) is 26.7 Å². The molecule has 19 heavy (non-hydrogen) atoms. The van der Waals surface area contributed by atoms with Crippen molar-refractivity contribution in [1.82, 2.24) is 4.90 Å². The normalized spacial score (nSPS) is 10.7. The summed E-state index contributed by atoms with van der Waals surface area (Å²) in [7, 11) is 0. The molecule has 1 amide bonds. The summed E-state index contributed by atoms with van der Waals surface area (Å²) in [5.74, 6) is -0.0244. The lowest BCUT2D eigenvalue weighted by atomic mass is 10.2. The second-order valence-corrected chi connectivity index (χ2v) is 4.97. The van der Waals surface area contributed by atoms with Crippen LogP contribution in [0.5, 0.6) is 0 Å². The van der Waals surface area contributed by atoms with E-state index in [0.717, 1.165) is 25.9 Å². The number of benzene rings is 1. The van der Waals surface area contributed by atoms with Crippen LogP contribution < -0.4 is 11.1 Å². The van der Waals surface area contributed by atoms with Crippen molar-refractivity contribution in [3.63, 3.8) is 0 Å². The molecule has 1 rings (SSSR count). The van der Waals surface area contributed by atoms with Gasteiger partial charge in [-0.15, -0.1) is 0 Å². The average Bonchev–Trinajstić information content (AvgIpc) is 2.34. The van der Waals surface area contributed by atoms with Gasteiger partial charge in [0.05, 0.1) is 17.3 Å². The van der Waals surface area contributed by atoms with Gasteiger partial charge in [0.1, 0.15) is 0 Å². The third kappa shape index (κ3) is 5.49. The highest BCUT2D eigenvalue weighted by Gasteiger charge is 2.09. The number of hydrogen-bond acceptors (Lipinski definition) is 3. The molecule has 0 unspecified atom stereocenters. The van der Waals surface area contributed by atoms with Crippen LogP contribution in [-0.4, -0.2) is 30.4 Å². The molecule has 0 radical (unpaired) electrons. The number of nitrogens with two attached hydrogens (primary N) is 1. The van der Waals surface area contributed by atoms with Gasteiger partial charge < -0.3 is 11.1 Å². The largest absolute Gasteiger partial charge is 0.397 e. The Morgan fingerprint density at radius 2 is 1.95 bits per heavy atom. The molecule has 3 N–H and O–H groups in total. The van der Waals surface area contributed by atoms with Crippen LogP contribution in [0.25, 0.3) is 0 Å². The van der Waals surface area contributed by atoms with E-state index in [4.69, 9.17) is 17.3 Å². The maximum Gasteiger partial charge on any atom is 0.238 e. The summed E-state index contributed by atoms with van der Waals surface area (Å²) in [5.41, 5.74) is 6.85. The Bertz CT molecular complexity index is 417. The van der Waals surface area contributed by atoms with E-state index in [0.29, 0.717) is 22.9 Å². The van der Waals surface area contributed by atoms with Gasteiger partial charge >= 0.3 is 0 Å². The van der Waals surface area contributed by atoms with Crippen molar-refractivity contribution in [1.29, 1.82) is 0 Å². The molecule has 0 spiro atoms. The van der Waals surface area contributed by atoms with E-state index in [9.17, 15) is 4.79 Å². The molecule has 0 atom stereocenters. The van der Waals surface area contributed by atoms with E-state index in [-0.39, 0.29) is 5.91 Å². The molecule has 1 aromatic carbocycles. The van der Waals surface area contributed by atoms with Gasteiger partial charge in [0.15, 0.2) is 0 Å². The van der Waals surface area contributed by atoms with Gasteiger partial charge in [0, 0.05) is 5.69 Å². The van der Waals surface area contributed by atoms with Gasteiger partial charge in [-0.2, -0.15) is 0 Å². The highest BCUT2D eigenvalue weighted by atomic mass is 35.5. The summed E-state index contributed by atoms with van der Waals surface area (Å²) < 4.78 is 0. The first-order valence-corrected chi connectivity index (χ1v) is 7.01. The first-order chi connectivity index (χ1) is 9.06. The number of carbonyl (C=O) groups excluding carboxylic acids is 1. The van der Waals surface area contributed by atoms with Gasteiger partial charge in [-0.05, 0) is 44.1 Å². The van der Waals surface area contributed by atoms with Crippen LogP contribution in [0.15, 0.2) is 18.2 Å². The Morgan fingerprint density at radius 3 is 2.47 bits per heavy atom. The fourth-order valence-corrected chi connectivity index (χ4v) is 2.05. The summed E-state index contributed by atoms with van der Waals surface area (Å²) in [4.78, 5) is 14.1. The zero-order chi connectivity index (χ0) is 14.3. The standard InChI is InChI=1S/C14H22ClN3O/c1-3-7-18(8-4-2)10-14(19)17-11-5-6-12(15)13(16)9-11/h5-6,9H,3-4,7-8,10,16H2,1-2H3,(H,17,19). The van der Waals surface area contributed by atoms with Crippen molar-refractivity contribution >= 4 is 28.9 Å². The number of nitrogens with zero attached hydrogens (tertiary/aromatic N) is 1. The van der Waals surface area contributed by atoms with Crippen molar-refractivity contribution in [2.24, 2.45) is 0 Å². The van der Waals surface area contributed by atoms with Crippen molar-refractivity contribution < 1.29 is 4.79 Å². The van der Waals surface area contributed by atoms with Crippen molar-refractivity contribution in [2.75, 3.05) is 30.7 Å². The monoisotopic (exact) mass is 283 g/mol. The van der Waals surface area contributed by atoms with Crippen LogP contribution in [0.4, 0.5) is 11.4 Å². The summed E-state index contributed by atoms with van der Waals surface area (Å²) in [6.45, 7) is 6.50. The number of rotatable bonds is 7. The van der Waals surface area contributed by atoms with Crippen molar-refractivity contribution in [3.8, 4) is 0 Å². The summed E-state index contributed by atoms with van der Waals surface area (Å²) in [6.07, 6.45) is 2.09. The van der Waals surface area contributed by atoms with E-state index in [2.05, 4.69) is 24.1 Å². The lowest BCUT2D eigenvalue weighted by Crippen LogP contribution is -2.34. The fourth-order valence-electron chi connectivity index (χ4n) is 1.93. The first-order valence-electron chi connectivity index (χ1n) is 6.64. The molecule has 0 saturated heterocycles. The van der Waals surface area contributed by atoms with Gasteiger partial charge in [-0.1, -0.05) is 25.4 Å². The Balaban J connectivity index is 2.55. The number of halogens is 1. The van der Waals surface area contributed by atoms with E-state index < -0.39 is 0 Å². The van der Waals surface area contributed by atoms with Gasteiger partial charge in [-0.3, -0.25) is 9.69 Å². The molecule has 0 saturated carbocycles. The fraction of sp³-hybridized carbons (Fsp3) is 0.500. The summed E-state index contributed by atoms with van der Waals surface area (Å²) in [6, 6.07) is 5.10. The lowest BCUT2D eigenvalue weighted by Gasteiger charge is -2.20. The molecular weight excluding hydrogens is 262 g/mol. The number of amides is 1. The number of hydrogen-bond donors (Lipinski definition) is 2. The SMILES string of the molecule is CCCN(CCC)CC(=O)Nc1ccc(Cl)c(N)c1. The minimum absolute atomic E-state index is 0.0244. The molecular formula is C14H22ClN3O. The predicted octanol–water partition coefficient (Wildman–Crippen LogP) is 2.98. The maximum atomic E-state index is 11.9. The molecule has 0 bridgehead atoms. The van der Waals surface area contributed by atoms with E-state index in [1.807, 2.05) is 0 Å². The Kier molecular flexibility index (Phi) is 6.67. The van der Waals surface area contributed by atoms with Crippen LogP contribution in [0.3, 0.4) is 0 Å². The number of anilines is 2. The molecule has 0 fully saturated rings. The van der Waals surface area contributed by atoms with Crippen LogP contribution in [0, 0.1) is 0 Å². The molecule has 5 heteroatoms.